The number of halogens is 1. The minimum absolute atomic E-state index is 0.561. The van der Waals surface area contributed by atoms with Crippen molar-refractivity contribution in [2.24, 2.45) is 4.99 Å². The quantitative estimate of drug-likeness (QED) is 0.496. The molecule has 0 unspecified atom stereocenters. The molecule has 1 heterocycles. The van der Waals surface area contributed by atoms with Gasteiger partial charge in [-0.05, 0) is 12.0 Å². The lowest BCUT2D eigenvalue weighted by Crippen LogP contribution is -1.83. The topological polar surface area (TPSA) is 12.4 Å². The molecule has 0 saturated heterocycles. The van der Waals surface area contributed by atoms with Crippen molar-refractivity contribution >= 4 is 17.8 Å². The molecule has 0 amide bonds. The molecule has 48 valence electrons. The number of alkyl halides is 1. The lowest BCUT2D eigenvalue weighted by atomic mass is 10.3. The predicted molar refractivity (Wildman–Crippen MR) is 41.1 cm³/mol. The highest BCUT2D eigenvalue weighted by Gasteiger charge is 1.89. The summed E-state index contributed by atoms with van der Waals surface area (Å²) >= 11 is 5.57. The van der Waals surface area contributed by atoms with Gasteiger partial charge in [0.25, 0.3) is 0 Å². The second-order valence-corrected chi connectivity index (χ2v) is 2.08. The third-order valence-corrected chi connectivity index (χ3v) is 1.41. The van der Waals surface area contributed by atoms with Crippen LogP contribution in [0.15, 0.2) is 28.9 Å². The van der Waals surface area contributed by atoms with Gasteiger partial charge < -0.3 is 0 Å². The van der Waals surface area contributed by atoms with Gasteiger partial charge in [-0.3, -0.25) is 4.99 Å². The summed E-state index contributed by atoms with van der Waals surface area (Å²) in [5.74, 6) is 0.561. The molecule has 9 heavy (non-hydrogen) atoms. The van der Waals surface area contributed by atoms with E-state index in [0.29, 0.717) is 5.88 Å². The number of nitrogens with zero attached hydrogens (tertiary/aromatic N) is 1. The molecule has 0 aromatic heterocycles. The molecule has 1 aliphatic rings. The molecule has 0 aromatic carbocycles. The smallest absolute Gasteiger partial charge is 0.0486 e. The van der Waals surface area contributed by atoms with E-state index < -0.39 is 0 Å². The summed E-state index contributed by atoms with van der Waals surface area (Å²) in [5, 5.41) is 0. The molecule has 1 nitrogen and oxygen atoms in total. The van der Waals surface area contributed by atoms with E-state index in [4.69, 9.17) is 11.6 Å². The predicted octanol–water partition coefficient (Wildman–Crippen LogP) is 2.14. The van der Waals surface area contributed by atoms with Gasteiger partial charge in [0.2, 0.25) is 0 Å². The average Bonchev–Trinajstić information content (AvgIpc) is 2.13. The van der Waals surface area contributed by atoms with Crippen molar-refractivity contribution in [3.8, 4) is 0 Å². The highest BCUT2D eigenvalue weighted by atomic mass is 35.5. The lowest BCUT2D eigenvalue weighted by Gasteiger charge is -1.87. The Hall–Kier alpha value is -0.560. The van der Waals surface area contributed by atoms with E-state index in [1.807, 2.05) is 6.08 Å². The fourth-order valence-electron chi connectivity index (χ4n) is 0.622. The molecule has 0 aliphatic carbocycles. The second kappa shape index (κ2) is 3.46. The lowest BCUT2D eigenvalue weighted by molar-refractivity contribution is 1.36. The molecule has 1 aliphatic heterocycles. The van der Waals surface area contributed by atoms with E-state index in [1.165, 1.54) is 0 Å². The van der Waals surface area contributed by atoms with Crippen LogP contribution in [-0.4, -0.2) is 12.1 Å². The van der Waals surface area contributed by atoms with Gasteiger partial charge in [0.05, 0.1) is 0 Å². The van der Waals surface area contributed by atoms with Crippen molar-refractivity contribution in [3.63, 3.8) is 0 Å². The normalized spacial score (nSPS) is 17.2. The fourth-order valence-corrected chi connectivity index (χ4v) is 0.800. The minimum atomic E-state index is 0.561. The van der Waals surface area contributed by atoms with E-state index in [-0.39, 0.29) is 0 Å². The SMILES string of the molecule is ClCC1=CCC=CN=C1. The molecule has 2 heteroatoms. The molecule has 0 radical (unpaired) electrons. The summed E-state index contributed by atoms with van der Waals surface area (Å²) in [7, 11) is 0. The van der Waals surface area contributed by atoms with Crippen LogP contribution >= 0.6 is 11.6 Å². The van der Waals surface area contributed by atoms with Crippen LogP contribution in [0.25, 0.3) is 0 Å². The molecular weight excluding hydrogens is 134 g/mol. The Kier molecular flexibility index (Phi) is 2.52. The van der Waals surface area contributed by atoms with Crippen LogP contribution in [0.5, 0.6) is 0 Å². The Balaban J connectivity index is 2.63. The maximum atomic E-state index is 5.57. The first-order valence-corrected chi connectivity index (χ1v) is 3.40. The zero-order valence-corrected chi connectivity index (χ0v) is 5.80. The molecule has 1 rings (SSSR count). The van der Waals surface area contributed by atoms with Crippen molar-refractivity contribution in [2.75, 3.05) is 5.88 Å². The van der Waals surface area contributed by atoms with Crippen molar-refractivity contribution in [3.05, 3.63) is 23.9 Å². The Bertz CT molecular complexity index is 168. The summed E-state index contributed by atoms with van der Waals surface area (Å²) in [5.41, 5.74) is 1.10. The minimum Gasteiger partial charge on any atom is -0.265 e. The third-order valence-electron chi connectivity index (χ3n) is 1.10. The monoisotopic (exact) mass is 141 g/mol. The number of hydrogen-bond acceptors (Lipinski definition) is 1. The van der Waals surface area contributed by atoms with Crippen molar-refractivity contribution in [1.82, 2.24) is 0 Å². The number of hydrogen-bond donors (Lipinski definition) is 0. The van der Waals surface area contributed by atoms with Crippen LogP contribution in [0, 0.1) is 0 Å². The standard InChI is InChI=1S/C7H8ClN/c8-5-7-3-1-2-4-9-6-7/h2-4,6H,1,5H2. The van der Waals surface area contributed by atoms with Crippen molar-refractivity contribution in [1.29, 1.82) is 0 Å². The molecule has 0 spiro atoms. The Labute approximate surface area is 59.7 Å². The molecule has 0 N–H and O–H groups in total. The molecule has 0 fully saturated rings. The maximum absolute atomic E-state index is 5.57. The first kappa shape index (κ1) is 6.56. The van der Waals surface area contributed by atoms with Crippen molar-refractivity contribution in [2.45, 2.75) is 6.42 Å². The first-order valence-electron chi connectivity index (χ1n) is 2.86. The highest BCUT2D eigenvalue weighted by Crippen LogP contribution is 2.01. The summed E-state index contributed by atoms with van der Waals surface area (Å²) in [6.45, 7) is 0. The Morgan fingerprint density at radius 2 is 2.56 bits per heavy atom. The van der Waals surface area contributed by atoms with Gasteiger partial charge in [-0.25, -0.2) is 0 Å². The van der Waals surface area contributed by atoms with Gasteiger partial charge in [-0.15, -0.1) is 11.6 Å². The highest BCUT2D eigenvalue weighted by molar-refractivity contribution is 6.21. The number of allylic oxidation sites excluding steroid dienone is 3. The van der Waals surface area contributed by atoms with Gasteiger partial charge in [0.15, 0.2) is 0 Å². The molecule has 0 bridgehead atoms. The zero-order chi connectivity index (χ0) is 6.53. The molecule has 0 aromatic rings. The van der Waals surface area contributed by atoms with Gasteiger partial charge >= 0.3 is 0 Å². The zero-order valence-electron chi connectivity index (χ0n) is 5.05. The van der Waals surface area contributed by atoms with Gasteiger partial charge in [0, 0.05) is 18.3 Å². The second-order valence-electron chi connectivity index (χ2n) is 1.81. The third kappa shape index (κ3) is 2.02. The fraction of sp³-hybridized carbons (Fsp3) is 0.286. The number of rotatable bonds is 1. The van der Waals surface area contributed by atoms with Crippen LogP contribution in [0.1, 0.15) is 6.42 Å². The molecule has 0 saturated carbocycles. The summed E-state index contributed by atoms with van der Waals surface area (Å²) in [4.78, 5) is 3.96. The van der Waals surface area contributed by atoms with Crippen LogP contribution in [0.3, 0.4) is 0 Å². The van der Waals surface area contributed by atoms with Crippen LogP contribution < -0.4 is 0 Å². The van der Waals surface area contributed by atoms with Gasteiger partial charge in [0.1, 0.15) is 0 Å². The summed E-state index contributed by atoms with van der Waals surface area (Å²) in [6, 6.07) is 0. The van der Waals surface area contributed by atoms with Gasteiger partial charge in [-0.2, -0.15) is 0 Å². The summed E-state index contributed by atoms with van der Waals surface area (Å²) in [6.07, 6.45) is 8.59. The van der Waals surface area contributed by atoms with Crippen LogP contribution in [-0.2, 0) is 0 Å². The van der Waals surface area contributed by atoms with E-state index in [1.54, 1.807) is 12.4 Å². The van der Waals surface area contributed by atoms with E-state index in [0.717, 1.165) is 12.0 Å². The van der Waals surface area contributed by atoms with E-state index >= 15 is 0 Å². The van der Waals surface area contributed by atoms with Gasteiger partial charge in [-0.1, -0.05) is 12.2 Å². The largest absolute Gasteiger partial charge is 0.265 e. The Morgan fingerprint density at radius 1 is 1.67 bits per heavy atom. The van der Waals surface area contributed by atoms with Crippen molar-refractivity contribution < 1.29 is 0 Å². The Morgan fingerprint density at radius 3 is 3.33 bits per heavy atom. The van der Waals surface area contributed by atoms with Crippen LogP contribution in [0.2, 0.25) is 0 Å². The summed E-state index contributed by atoms with van der Waals surface area (Å²) < 4.78 is 0. The molecular formula is C7H8ClN. The molecule has 0 atom stereocenters. The average molecular weight is 142 g/mol. The number of aliphatic imine (C=N–C) groups is 1. The van der Waals surface area contributed by atoms with E-state index in [9.17, 15) is 0 Å². The first-order chi connectivity index (χ1) is 4.43. The maximum Gasteiger partial charge on any atom is 0.0486 e. The van der Waals surface area contributed by atoms with E-state index in [2.05, 4.69) is 11.1 Å². The van der Waals surface area contributed by atoms with Crippen LogP contribution in [0.4, 0.5) is 0 Å².